The molecule has 12 heteroatoms. The van der Waals surface area contributed by atoms with Gasteiger partial charge in [0.05, 0.1) is 11.6 Å². The first-order valence-electron chi connectivity index (χ1n) is 12.4. The van der Waals surface area contributed by atoms with Crippen LogP contribution in [0.1, 0.15) is 31.2 Å². The Bertz CT molecular complexity index is 1380. The Labute approximate surface area is 231 Å². The molecule has 4 aliphatic rings. The topological polar surface area (TPSA) is 111 Å². The van der Waals surface area contributed by atoms with Gasteiger partial charge in [0.25, 0.3) is 0 Å². The number of ether oxygens (including phenoxy) is 1. The normalized spacial score (nSPS) is 23.2. The van der Waals surface area contributed by atoms with Gasteiger partial charge in [0.2, 0.25) is 21.8 Å². The van der Waals surface area contributed by atoms with Crippen molar-refractivity contribution in [2.45, 2.75) is 36.6 Å². The van der Waals surface area contributed by atoms with Crippen LogP contribution in [0.3, 0.4) is 0 Å². The maximum Gasteiger partial charge on any atom is 0.247 e. The SMILES string of the molecule is N#Cc1ccc(Oc2cc(Cl)cc(Cl)c2)c(S(=O)(=O)N(CCN2C(=O)CCC2=O)[C@H]2CN3CCC2CC3)c1. The van der Waals surface area contributed by atoms with E-state index >= 15 is 0 Å². The van der Waals surface area contributed by atoms with Crippen LogP contribution < -0.4 is 4.74 Å². The van der Waals surface area contributed by atoms with E-state index in [2.05, 4.69) is 4.90 Å². The summed E-state index contributed by atoms with van der Waals surface area (Å²) in [5, 5.41) is 10.2. The zero-order chi connectivity index (χ0) is 27.0. The van der Waals surface area contributed by atoms with Gasteiger partial charge in [-0.25, -0.2) is 8.42 Å². The van der Waals surface area contributed by atoms with Gasteiger partial charge in [-0.2, -0.15) is 9.57 Å². The minimum Gasteiger partial charge on any atom is -0.456 e. The quantitative estimate of drug-likeness (QED) is 0.438. The molecule has 4 aliphatic heterocycles. The minimum atomic E-state index is -4.24. The van der Waals surface area contributed by atoms with Crippen molar-refractivity contribution in [3.63, 3.8) is 0 Å². The second-order valence-corrected chi connectivity index (χ2v) is 12.5. The first kappa shape index (κ1) is 26.9. The number of imide groups is 1. The lowest BCUT2D eigenvalue weighted by atomic mass is 9.84. The maximum atomic E-state index is 14.4. The summed E-state index contributed by atoms with van der Waals surface area (Å²) in [6, 6.07) is 10.4. The summed E-state index contributed by atoms with van der Waals surface area (Å²) in [6.07, 6.45) is 1.99. The maximum absolute atomic E-state index is 14.4. The standard InChI is InChI=1S/C26H26Cl2N4O5S/c27-19-12-20(28)14-21(13-19)37-23-2-1-17(15-29)11-24(23)38(35,36)32(10-9-31-25(33)3-4-26(31)34)22-16-30-7-5-18(22)6-8-30/h1-2,11-14,18,22H,3-10,16H2/t22-/m0/s1. The summed E-state index contributed by atoms with van der Waals surface area (Å²) in [4.78, 5) is 27.7. The van der Waals surface area contributed by atoms with Gasteiger partial charge in [0.1, 0.15) is 16.4 Å². The zero-order valence-electron chi connectivity index (χ0n) is 20.5. The zero-order valence-corrected chi connectivity index (χ0v) is 22.8. The van der Waals surface area contributed by atoms with E-state index < -0.39 is 10.0 Å². The molecule has 2 aromatic rings. The molecule has 4 fully saturated rings. The van der Waals surface area contributed by atoms with Gasteiger partial charge in [0, 0.05) is 48.6 Å². The fourth-order valence-corrected chi connectivity index (χ4v) is 7.82. The predicted octanol–water partition coefficient (Wildman–Crippen LogP) is 3.89. The highest BCUT2D eigenvalue weighted by Crippen LogP contribution is 2.38. The molecule has 4 heterocycles. The molecule has 4 saturated heterocycles. The largest absolute Gasteiger partial charge is 0.456 e. The molecule has 0 radical (unpaired) electrons. The number of carbonyl (C=O) groups is 2. The highest BCUT2D eigenvalue weighted by molar-refractivity contribution is 7.89. The summed E-state index contributed by atoms with van der Waals surface area (Å²) in [5.41, 5.74) is 0.152. The Morgan fingerprint density at radius 2 is 1.68 bits per heavy atom. The molecule has 1 atom stereocenters. The number of halogens is 2. The van der Waals surface area contributed by atoms with Gasteiger partial charge in [-0.3, -0.25) is 14.5 Å². The molecule has 6 rings (SSSR count). The molecule has 0 aliphatic carbocycles. The first-order chi connectivity index (χ1) is 18.2. The molecule has 200 valence electrons. The van der Waals surface area contributed by atoms with Gasteiger partial charge >= 0.3 is 0 Å². The molecule has 2 aromatic carbocycles. The summed E-state index contributed by atoms with van der Waals surface area (Å²) >= 11 is 12.2. The predicted molar refractivity (Wildman–Crippen MR) is 140 cm³/mol. The van der Waals surface area contributed by atoms with Crippen molar-refractivity contribution in [2.75, 3.05) is 32.7 Å². The molecule has 38 heavy (non-hydrogen) atoms. The fourth-order valence-electron chi connectivity index (χ4n) is 5.50. The van der Waals surface area contributed by atoms with Gasteiger partial charge in [-0.15, -0.1) is 0 Å². The van der Waals surface area contributed by atoms with Crippen LogP contribution in [0, 0.1) is 17.2 Å². The van der Waals surface area contributed by atoms with Crippen LogP contribution in [0.5, 0.6) is 11.5 Å². The van der Waals surface area contributed by atoms with Gasteiger partial charge in [-0.1, -0.05) is 23.2 Å². The lowest BCUT2D eigenvalue weighted by molar-refractivity contribution is -0.138. The molecule has 9 nitrogen and oxygen atoms in total. The summed E-state index contributed by atoms with van der Waals surface area (Å²) in [6.45, 7) is 2.30. The summed E-state index contributed by atoms with van der Waals surface area (Å²) in [5.74, 6) is -0.188. The van der Waals surface area contributed by atoms with Crippen LogP contribution in [0.15, 0.2) is 41.3 Å². The third-order valence-electron chi connectivity index (χ3n) is 7.41. The number of rotatable bonds is 8. The van der Waals surface area contributed by atoms with E-state index in [1.54, 1.807) is 0 Å². The smallest absolute Gasteiger partial charge is 0.247 e. The Morgan fingerprint density at radius 3 is 2.26 bits per heavy atom. The van der Waals surface area contributed by atoms with Crippen molar-refractivity contribution < 1.29 is 22.7 Å². The average Bonchev–Trinajstić information content (AvgIpc) is 3.21. The van der Waals surface area contributed by atoms with Crippen LogP contribution in [0.2, 0.25) is 10.0 Å². The van der Waals surface area contributed by atoms with Crippen LogP contribution >= 0.6 is 23.2 Å². The molecular formula is C26H26Cl2N4O5S. The monoisotopic (exact) mass is 576 g/mol. The number of hydrogen-bond acceptors (Lipinski definition) is 7. The van der Waals surface area contributed by atoms with Crippen LogP contribution in [0.25, 0.3) is 0 Å². The van der Waals surface area contributed by atoms with Gasteiger partial charge in [-0.05, 0) is 68.2 Å². The molecule has 2 amide bonds. The molecule has 0 unspecified atom stereocenters. The average molecular weight is 577 g/mol. The molecule has 0 spiro atoms. The van der Waals surface area contributed by atoms with Gasteiger partial charge in [0.15, 0.2) is 0 Å². The Morgan fingerprint density at radius 1 is 1.03 bits per heavy atom. The second kappa shape index (κ2) is 10.8. The van der Waals surface area contributed by atoms with E-state index in [0.717, 1.165) is 30.8 Å². The molecule has 2 bridgehead atoms. The number of likely N-dealkylation sites (tertiary alicyclic amines) is 1. The van der Waals surface area contributed by atoms with Crippen molar-refractivity contribution in [2.24, 2.45) is 5.92 Å². The second-order valence-electron chi connectivity index (χ2n) is 9.74. The highest BCUT2D eigenvalue weighted by atomic mass is 35.5. The highest BCUT2D eigenvalue weighted by Gasteiger charge is 2.44. The Kier molecular flexibility index (Phi) is 7.67. The lowest BCUT2D eigenvalue weighted by Gasteiger charge is -2.48. The van der Waals surface area contributed by atoms with E-state index in [4.69, 9.17) is 27.9 Å². The van der Waals surface area contributed by atoms with Crippen molar-refractivity contribution in [1.29, 1.82) is 5.26 Å². The number of fused-ring (bicyclic) bond motifs is 3. The number of carbonyl (C=O) groups excluding carboxylic acids is 2. The number of amides is 2. The van der Waals surface area contributed by atoms with E-state index in [-0.39, 0.29) is 71.7 Å². The minimum absolute atomic E-state index is 0.0157. The summed E-state index contributed by atoms with van der Waals surface area (Å²) < 4.78 is 36.1. The number of benzene rings is 2. The van der Waals surface area contributed by atoms with Gasteiger partial charge < -0.3 is 9.64 Å². The van der Waals surface area contributed by atoms with E-state index in [1.165, 1.54) is 40.7 Å². The Balaban J connectivity index is 1.54. The van der Waals surface area contributed by atoms with Crippen molar-refractivity contribution in [3.05, 3.63) is 52.0 Å². The number of sulfonamides is 1. The molecule has 0 aromatic heterocycles. The van der Waals surface area contributed by atoms with E-state index in [1.807, 2.05) is 6.07 Å². The van der Waals surface area contributed by atoms with Crippen LogP contribution in [-0.2, 0) is 19.6 Å². The molecule has 0 saturated carbocycles. The van der Waals surface area contributed by atoms with Crippen LogP contribution in [0.4, 0.5) is 0 Å². The first-order valence-corrected chi connectivity index (χ1v) is 14.6. The Hall–Kier alpha value is -2.68. The van der Waals surface area contributed by atoms with Crippen molar-refractivity contribution in [1.82, 2.24) is 14.1 Å². The number of piperidine rings is 3. The van der Waals surface area contributed by atoms with E-state index in [9.17, 15) is 23.3 Å². The number of nitrogens with zero attached hydrogens (tertiary/aromatic N) is 4. The molecular weight excluding hydrogens is 551 g/mol. The fraction of sp³-hybridized carbons (Fsp3) is 0.423. The third kappa shape index (κ3) is 5.40. The number of nitriles is 1. The molecule has 0 N–H and O–H groups in total. The van der Waals surface area contributed by atoms with Crippen LogP contribution in [-0.4, -0.2) is 73.1 Å². The summed E-state index contributed by atoms with van der Waals surface area (Å²) in [7, 11) is -4.24. The number of hydrogen-bond donors (Lipinski definition) is 0. The third-order valence-corrected chi connectivity index (χ3v) is 9.80. The lowest BCUT2D eigenvalue weighted by Crippen LogP contribution is -2.59. The van der Waals surface area contributed by atoms with Crippen molar-refractivity contribution in [3.8, 4) is 17.6 Å². The van der Waals surface area contributed by atoms with Crippen molar-refractivity contribution >= 4 is 45.0 Å². The van der Waals surface area contributed by atoms with E-state index in [0.29, 0.717) is 16.6 Å².